The molecule has 1 saturated heterocycles. The number of hydrogen-bond donors (Lipinski definition) is 0. The van der Waals surface area contributed by atoms with Crippen molar-refractivity contribution in [2.75, 3.05) is 24.6 Å². The van der Waals surface area contributed by atoms with E-state index >= 15 is 0 Å². The Labute approximate surface area is 94.9 Å². The Morgan fingerprint density at radius 1 is 1.20 bits per heavy atom. The van der Waals surface area contributed by atoms with Gasteiger partial charge in [0.1, 0.15) is 0 Å². The summed E-state index contributed by atoms with van der Waals surface area (Å²) in [5, 5.41) is 1.48. The second kappa shape index (κ2) is 4.14. The molecule has 0 saturated carbocycles. The molecule has 3 rings (SSSR count). The quantitative estimate of drug-likeness (QED) is 0.726. The maximum atomic E-state index is 5.48. The van der Waals surface area contributed by atoms with Gasteiger partial charge in [0, 0.05) is 24.4 Å². The molecule has 3 heterocycles. The van der Waals surface area contributed by atoms with Gasteiger partial charge in [0.15, 0.2) is 0 Å². The fraction of sp³-hybridized carbons (Fsp3) is 0.667. The van der Waals surface area contributed by atoms with Crippen LogP contribution in [-0.2, 0) is 17.8 Å². The Balaban J connectivity index is 1.82. The lowest BCUT2D eigenvalue weighted by Crippen LogP contribution is -2.28. The molecule has 0 radical (unpaired) electrons. The van der Waals surface area contributed by atoms with Gasteiger partial charge in [-0.2, -0.15) is 0 Å². The standard InChI is InChI=1S/C12H17NOS/c1-2-5-13(6-3-1)12-8-10-9-14-7-4-11(10)15-12/h8H,1-7,9H2. The van der Waals surface area contributed by atoms with Crippen LogP contribution in [0.4, 0.5) is 5.00 Å². The summed E-state index contributed by atoms with van der Waals surface area (Å²) in [6.07, 6.45) is 5.25. The minimum absolute atomic E-state index is 0.833. The zero-order valence-electron chi connectivity index (χ0n) is 9.00. The third-order valence-corrected chi connectivity index (χ3v) is 4.58. The lowest BCUT2D eigenvalue weighted by Gasteiger charge is -2.27. The number of nitrogens with zero attached hydrogens (tertiary/aromatic N) is 1. The second-order valence-electron chi connectivity index (χ2n) is 4.38. The first-order valence-corrected chi connectivity index (χ1v) is 6.69. The summed E-state index contributed by atoms with van der Waals surface area (Å²) >= 11 is 1.99. The van der Waals surface area contributed by atoms with Crippen molar-refractivity contribution >= 4 is 16.3 Å². The number of hydrogen-bond acceptors (Lipinski definition) is 3. The average molecular weight is 223 g/mol. The van der Waals surface area contributed by atoms with Crippen LogP contribution in [0, 0.1) is 0 Å². The van der Waals surface area contributed by atoms with Crippen LogP contribution >= 0.6 is 11.3 Å². The molecule has 0 atom stereocenters. The van der Waals surface area contributed by atoms with E-state index in [4.69, 9.17) is 4.74 Å². The van der Waals surface area contributed by atoms with E-state index in [0.29, 0.717) is 0 Å². The molecule has 2 nitrogen and oxygen atoms in total. The Morgan fingerprint density at radius 2 is 2.07 bits per heavy atom. The van der Waals surface area contributed by atoms with Crippen molar-refractivity contribution in [3.63, 3.8) is 0 Å². The predicted molar refractivity (Wildman–Crippen MR) is 63.7 cm³/mol. The minimum atomic E-state index is 0.833. The number of piperidine rings is 1. The van der Waals surface area contributed by atoms with Gasteiger partial charge in [0.25, 0.3) is 0 Å². The summed E-state index contributed by atoms with van der Waals surface area (Å²) in [6, 6.07) is 2.35. The summed E-state index contributed by atoms with van der Waals surface area (Å²) in [5.41, 5.74) is 1.44. The van der Waals surface area contributed by atoms with E-state index in [9.17, 15) is 0 Å². The van der Waals surface area contributed by atoms with Crippen molar-refractivity contribution < 1.29 is 4.74 Å². The van der Waals surface area contributed by atoms with Gasteiger partial charge in [-0.15, -0.1) is 11.3 Å². The fourth-order valence-corrected chi connectivity index (χ4v) is 3.60. The summed E-state index contributed by atoms with van der Waals surface area (Å²) in [4.78, 5) is 4.11. The van der Waals surface area contributed by atoms with Crippen LogP contribution in [0.5, 0.6) is 0 Å². The smallest absolute Gasteiger partial charge is 0.0915 e. The predicted octanol–water partition coefficient (Wildman–Crippen LogP) is 2.81. The van der Waals surface area contributed by atoms with E-state index in [1.165, 1.54) is 42.9 Å². The van der Waals surface area contributed by atoms with Gasteiger partial charge >= 0.3 is 0 Å². The van der Waals surface area contributed by atoms with Crippen molar-refractivity contribution in [1.82, 2.24) is 0 Å². The minimum Gasteiger partial charge on any atom is -0.376 e. The van der Waals surface area contributed by atoms with Crippen LogP contribution in [0.2, 0.25) is 0 Å². The summed E-state index contributed by atoms with van der Waals surface area (Å²) in [7, 11) is 0. The van der Waals surface area contributed by atoms with Crippen LogP contribution in [0.3, 0.4) is 0 Å². The van der Waals surface area contributed by atoms with Crippen molar-refractivity contribution in [1.29, 1.82) is 0 Å². The van der Waals surface area contributed by atoms with Crippen LogP contribution in [0.25, 0.3) is 0 Å². The van der Waals surface area contributed by atoms with Gasteiger partial charge in [-0.05, 0) is 30.9 Å². The maximum absolute atomic E-state index is 5.48. The molecule has 0 unspecified atom stereocenters. The van der Waals surface area contributed by atoms with E-state index < -0.39 is 0 Å². The van der Waals surface area contributed by atoms with E-state index in [1.54, 1.807) is 4.88 Å². The Bertz CT molecular complexity index is 318. The first kappa shape index (κ1) is 9.67. The van der Waals surface area contributed by atoms with Gasteiger partial charge < -0.3 is 9.64 Å². The lowest BCUT2D eigenvalue weighted by molar-refractivity contribution is 0.112. The van der Waals surface area contributed by atoms with Crippen molar-refractivity contribution in [2.24, 2.45) is 0 Å². The Hall–Kier alpha value is -0.540. The highest BCUT2D eigenvalue weighted by Crippen LogP contribution is 2.34. The van der Waals surface area contributed by atoms with Gasteiger partial charge in [0.05, 0.1) is 18.2 Å². The molecule has 82 valence electrons. The molecular formula is C12H17NOS. The molecule has 1 fully saturated rings. The molecule has 2 aliphatic rings. The van der Waals surface area contributed by atoms with Crippen LogP contribution in [0.1, 0.15) is 29.7 Å². The number of anilines is 1. The zero-order valence-corrected chi connectivity index (χ0v) is 9.81. The molecular weight excluding hydrogens is 206 g/mol. The monoisotopic (exact) mass is 223 g/mol. The molecule has 0 N–H and O–H groups in total. The maximum Gasteiger partial charge on any atom is 0.0915 e. The fourth-order valence-electron chi connectivity index (χ4n) is 2.40. The van der Waals surface area contributed by atoms with Crippen LogP contribution < -0.4 is 4.90 Å². The molecule has 1 aromatic heterocycles. The van der Waals surface area contributed by atoms with Crippen LogP contribution in [-0.4, -0.2) is 19.7 Å². The van der Waals surface area contributed by atoms with Crippen molar-refractivity contribution in [3.8, 4) is 0 Å². The topological polar surface area (TPSA) is 12.5 Å². The van der Waals surface area contributed by atoms with Crippen LogP contribution in [0.15, 0.2) is 6.07 Å². The van der Waals surface area contributed by atoms with E-state index in [2.05, 4.69) is 11.0 Å². The van der Waals surface area contributed by atoms with Gasteiger partial charge in [-0.1, -0.05) is 0 Å². The SMILES string of the molecule is c1c(N2CCCCC2)sc2c1COCC2. The second-order valence-corrected chi connectivity index (χ2v) is 5.50. The molecule has 0 aliphatic carbocycles. The van der Waals surface area contributed by atoms with E-state index in [-0.39, 0.29) is 0 Å². The largest absolute Gasteiger partial charge is 0.376 e. The highest BCUT2D eigenvalue weighted by molar-refractivity contribution is 7.16. The van der Waals surface area contributed by atoms with Gasteiger partial charge in [-0.3, -0.25) is 0 Å². The van der Waals surface area contributed by atoms with Crippen molar-refractivity contribution in [3.05, 3.63) is 16.5 Å². The molecule has 3 heteroatoms. The number of ether oxygens (including phenoxy) is 1. The van der Waals surface area contributed by atoms with E-state index in [1.807, 2.05) is 11.3 Å². The molecule has 0 spiro atoms. The zero-order chi connectivity index (χ0) is 10.1. The summed E-state index contributed by atoms with van der Waals surface area (Å²) in [5.74, 6) is 0. The Kier molecular flexibility index (Phi) is 2.67. The highest BCUT2D eigenvalue weighted by Gasteiger charge is 2.18. The molecule has 15 heavy (non-hydrogen) atoms. The molecule has 1 aromatic rings. The molecule has 2 aliphatic heterocycles. The normalized spacial score (nSPS) is 21.5. The number of fused-ring (bicyclic) bond motifs is 1. The third kappa shape index (κ3) is 1.91. The van der Waals surface area contributed by atoms with Gasteiger partial charge in [0.2, 0.25) is 0 Å². The van der Waals surface area contributed by atoms with E-state index in [0.717, 1.165) is 19.6 Å². The first-order valence-electron chi connectivity index (χ1n) is 5.88. The molecule has 0 aromatic carbocycles. The summed E-state index contributed by atoms with van der Waals surface area (Å²) in [6.45, 7) is 4.24. The highest BCUT2D eigenvalue weighted by atomic mass is 32.1. The molecule has 0 bridgehead atoms. The number of thiophene rings is 1. The number of rotatable bonds is 1. The average Bonchev–Trinajstić information content (AvgIpc) is 2.74. The summed E-state index contributed by atoms with van der Waals surface area (Å²) < 4.78 is 5.48. The van der Waals surface area contributed by atoms with Gasteiger partial charge in [-0.25, -0.2) is 0 Å². The lowest BCUT2D eigenvalue weighted by atomic mass is 10.1. The molecule has 0 amide bonds. The first-order chi connectivity index (χ1) is 7.43. The third-order valence-electron chi connectivity index (χ3n) is 3.28. The van der Waals surface area contributed by atoms with Crippen molar-refractivity contribution in [2.45, 2.75) is 32.3 Å². The Morgan fingerprint density at radius 3 is 2.87 bits per heavy atom.